The van der Waals surface area contributed by atoms with Crippen LogP contribution in [0.1, 0.15) is 43.6 Å². The van der Waals surface area contributed by atoms with E-state index in [1.807, 2.05) is 6.92 Å². The maximum absolute atomic E-state index is 13.8. The Bertz CT molecular complexity index is 599. The minimum Gasteiger partial charge on any atom is -0.302 e. The first-order valence-electron chi connectivity index (χ1n) is 6.83. The van der Waals surface area contributed by atoms with Crippen molar-refractivity contribution < 1.29 is 13.2 Å². The van der Waals surface area contributed by atoms with Gasteiger partial charge in [-0.25, -0.2) is 13.2 Å². The number of hydrogen-bond acceptors (Lipinski definition) is 2. The second-order valence-corrected chi connectivity index (χ2v) is 4.92. The van der Waals surface area contributed by atoms with E-state index in [2.05, 4.69) is 10.3 Å². The molecule has 5 heteroatoms. The molecule has 2 unspecified atom stereocenters. The molecule has 0 radical (unpaired) electrons. The second-order valence-electron chi connectivity index (χ2n) is 4.92. The molecule has 21 heavy (non-hydrogen) atoms. The first-order chi connectivity index (χ1) is 10.0. The molecule has 0 aliphatic heterocycles. The fourth-order valence-electron chi connectivity index (χ4n) is 2.25. The molecule has 1 aromatic carbocycles. The Labute approximate surface area is 122 Å². The van der Waals surface area contributed by atoms with Crippen LogP contribution in [0.5, 0.6) is 0 Å². The molecule has 1 aromatic heterocycles. The van der Waals surface area contributed by atoms with Gasteiger partial charge in [-0.1, -0.05) is 13.0 Å². The fraction of sp³-hybridized carbons (Fsp3) is 0.312. The van der Waals surface area contributed by atoms with E-state index < -0.39 is 17.5 Å². The molecule has 1 heterocycles. The molecular formula is C16H17F3N2. The normalized spacial score (nSPS) is 14.0. The topological polar surface area (TPSA) is 24.9 Å². The van der Waals surface area contributed by atoms with Crippen molar-refractivity contribution >= 4 is 0 Å². The average molecular weight is 294 g/mol. The molecule has 0 spiro atoms. The molecule has 2 rings (SSSR count). The molecule has 0 fully saturated rings. The summed E-state index contributed by atoms with van der Waals surface area (Å²) in [6.07, 6.45) is 1.87. The number of pyridine rings is 1. The number of benzene rings is 1. The number of hydrogen-bond donors (Lipinski definition) is 1. The minimum absolute atomic E-state index is 0.134. The molecule has 0 bridgehead atoms. The zero-order valence-corrected chi connectivity index (χ0v) is 11.9. The smallest absolute Gasteiger partial charge is 0.141 e. The van der Waals surface area contributed by atoms with Gasteiger partial charge in [0.25, 0.3) is 0 Å². The van der Waals surface area contributed by atoms with Gasteiger partial charge >= 0.3 is 0 Å². The predicted molar refractivity (Wildman–Crippen MR) is 75.1 cm³/mol. The Morgan fingerprint density at radius 1 is 1.10 bits per heavy atom. The molecule has 0 saturated heterocycles. The van der Waals surface area contributed by atoms with Crippen LogP contribution < -0.4 is 5.32 Å². The number of aromatic nitrogens is 1. The summed E-state index contributed by atoms with van der Waals surface area (Å²) in [6.45, 7) is 3.75. The summed E-state index contributed by atoms with van der Waals surface area (Å²) in [5.41, 5.74) is 1.07. The predicted octanol–water partition coefficient (Wildman–Crippen LogP) is 4.30. The highest BCUT2D eigenvalue weighted by Gasteiger charge is 2.17. The summed E-state index contributed by atoms with van der Waals surface area (Å²) < 4.78 is 39.6. The van der Waals surface area contributed by atoms with Crippen LogP contribution in [-0.2, 0) is 0 Å². The van der Waals surface area contributed by atoms with Crippen molar-refractivity contribution in [2.24, 2.45) is 0 Å². The van der Waals surface area contributed by atoms with Gasteiger partial charge in [0.05, 0.1) is 11.9 Å². The first-order valence-corrected chi connectivity index (χ1v) is 6.83. The lowest BCUT2D eigenvalue weighted by molar-refractivity contribution is 0.433. The Balaban J connectivity index is 2.15. The molecule has 0 amide bonds. The van der Waals surface area contributed by atoms with Crippen LogP contribution in [0.2, 0.25) is 0 Å². The molecule has 1 N–H and O–H groups in total. The molecule has 112 valence electrons. The van der Waals surface area contributed by atoms with Gasteiger partial charge in [0.2, 0.25) is 0 Å². The van der Waals surface area contributed by atoms with Crippen molar-refractivity contribution in [2.45, 2.75) is 32.4 Å². The van der Waals surface area contributed by atoms with Crippen LogP contribution >= 0.6 is 0 Å². The monoisotopic (exact) mass is 294 g/mol. The van der Waals surface area contributed by atoms with E-state index in [1.54, 1.807) is 13.0 Å². The first kappa shape index (κ1) is 15.5. The maximum Gasteiger partial charge on any atom is 0.141 e. The van der Waals surface area contributed by atoms with Crippen molar-refractivity contribution in [3.05, 3.63) is 65.2 Å². The summed E-state index contributed by atoms with van der Waals surface area (Å²) >= 11 is 0. The summed E-state index contributed by atoms with van der Waals surface area (Å²) in [5.74, 6) is -1.58. The van der Waals surface area contributed by atoms with Crippen molar-refractivity contribution in [2.75, 3.05) is 0 Å². The van der Waals surface area contributed by atoms with Gasteiger partial charge in [0, 0.05) is 23.7 Å². The van der Waals surface area contributed by atoms with Gasteiger partial charge in [-0.05, 0) is 31.5 Å². The van der Waals surface area contributed by atoms with Gasteiger partial charge in [-0.15, -0.1) is 0 Å². The summed E-state index contributed by atoms with van der Waals surface area (Å²) in [4.78, 5) is 4.04. The van der Waals surface area contributed by atoms with Crippen LogP contribution in [-0.4, -0.2) is 4.98 Å². The van der Waals surface area contributed by atoms with E-state index in [0.29, 0.717) is 17.7 Å². The Morgan fingerprint density at radius 2 is 1.81 bits per heavy atom. The number of nitrogens with one attached hydrogen (secondary N) is 1. The number of rotatable bonds is 5. The highest BCUT2D eigenvalue weighted by molar-refractivity contribution is 5.22. The second kappa shape index (κ2) is 6.72. The van der Waals surface area contributed by atoms with E-state index in [0.717, 1.165) is 12.3 Å². The van der Waals surface area contributed by atoms with Gasteiger partial charge < -0.3 is 5.32 Å². The summed E-state index contributed by atoms with van der Waals surface area (Å²) in [5, 5.41) is 3.23. The van der Waals surface area contributed by atoms with Crippen molar-refractivity contribution in [1.29, 1.82) is 0 Å². The molecule has 2 nitrogen and oxygen atoms in total. The molecule has 0 aliphatic carbocycles. The Hall–Kier alpha value is -1.88. The summed E-state index contributed by atoms with van der Waals surface area (Å²) in [7, 11) is 0. The lowest BCUT2D eigenvalue weighted by atomic mass is 10.0. The minimum atomic E-state index is -0.601. The standard InChI is InChI=1S/C16H17F3N2/c1-3-15(16-7-5-12(18)9-20-16)21-10(2)13-6-4-11(17)8-14(13)19/h4-10,15,21H,3H2,1-2H3. The van der Waals surface area contributed by atoms with Crippen LogP contribution in [0.4, 0.5) is 13.2 Å². The van der Waals surface area contributed by atoms with Crippen molar-refractivity contribution in [3.63, 3.8) is 0 Å². The Kier molecular flexibility index (Phi) is 4.96. The average Bonchev–Trinajstić information content (AvgIpc) is 2.45. The third-order valence-electron chi connectivity index (χ3n) is 3.40. The maximum atomic E-state index is 13.8. The van der Waals surface area contributed by atoms with Crippen LogP contribution in [0.15, 0.2) is 36.5 Å². The number of halogens is 3. The van der Waals surface area contributed by atoms with E-state index in [4.69, 9.17) is 0 Å². The molecule has 0 aliphatic rings. The van der Waals surface area contributed by atoms with Crippen LogP contribution in [0.3, 0.4) is 0 Å². The van der Waals surface area contributed by atoms with E-state index in [9.17, 15) is 13.2 Å². The number of nitrogens with zero attached hydrogens (tertiary/aromatic N) is 1. The third kappa shape index (κ3) is 3.82. The molecule has 0 saturated carbocycles. The summed E-state index contributed by atoms with van der Waals surface area (Å²) in [6, 6.07) is 6.01. The lowest BCUT2D eigenvalue weighted by Crippen LogP contribution is -2.25. The van der Waals surface area contributed by atoms with Crippen molar-refractivity contribution in [1.82, 2.24) is 10.3 Å². The lowest BCUT2D eigenvalue weighted by Gasteiger charge is -2.22. The molecule has 2 atom stereocenters. The van der Waals surface area contributed by atoms with Gasteiger partial charge in [0.1, 0.15) is 17.5 Å². The van der Waals surface area contributed by atoms with Gasteiger partial charge in [-0.3, -0.25) is 4.98 Å². The largest absolute Gasteiger partial charge is 0.302 e. The SMILES string of the molecule is CCC(NC(C)c1ccc(F)cc1F)c1ccc(F)cn1. The van der Waals surface area contributed by atoms with E-state index >= 15 is 0 Å². The van der Waals surface area contributed by atoms with Gasteiger partial charge in [-0.2, -0.15) is 0 Å². The Morgan fingerprint density at radius 3 is 2.38 bits per heavy atom. The highest BCUT2D eigenvalue weighted by atomic mass is 19.1. The zero-order chi connectivity index (χ0) is 15.4. The zero-order valence-electron chi connectivity index (χ0n) is 11.9. The van der Waals surface area contributed by atoms with Crippen LogP contribution in [0, 0.1) is 17.5 Å². The van der Waals surface area contributed by atoms with Crippen molar-refractivity contribution in [3.8, 4) is 0 Å². The van der Waals surface area contributed by atoms with Gasteiger partial charge in [0.15, 0.2) is 0 Å². The van der Waals surface area contributed by atoms with Crippen LogP contribution in [0.25, 0.3) is 0 Å². The third-order valence-corrected chi connectivity index (χ3v) is 3.40. The highest BCUT2D eigenvalue weighted by Crippen LogP contribution is 2.23. The molecule has 2 aromatic rings. The van der Waals surface area contributed by atoms with E-state index in [1.165, 1.54) is 18.2 Å². The molecular weight excluding hydrogens is 277 g/mol. The van der Waals surface area contributed by atoms with E-state index in [-0.39, 0.29) is 12.1 Å². The quantitative estimate of drug-likeness (QED) is 0.889. The fourth-order valence-corrected chi connectivity index (χ4v) is 2.25.